The molecule has 5 rings (SSSR count). The predicted molar refractivity (Wildman–Crippen MR) is 148 cm³/mol. The average molecular weight is 547 g/mol. The summed E-state index contributed by atoms with van der Waals surface area (Å²) in [6.07, 6.45) is -0.477. The molecule has 9 heteroatoms. The average Bonchev–Trinajstić information content (AvgIpc) is 3.24. The van der Waals surface area contributed by atoms with Crippen LogP contribution in [0.25, 0.3) is 22.2 Å². The Hall–Kier alpha value is -3.79. The smallest absolute Gasteiger partial charge is 0.338 e. The molecule has 2 heterocycles. The molecule has 1 fully saturated rings. The van der Waals surface area contributed by atoms with E-state index >= 15 is 0 Å². The highest BCUT2D eigenvalue weighted by Gasteiger charge is 2.32. The number of nitrogens with zero attached hydrogens (tertiary/aromatic N) is 2. The normalized spacial score (nSPS) is 18.2. The van der Waals surface area contributed by atoms with Crippen LogP contribution in [0.1, 0.15) is 34.6 Å². The molecule has 1 aromatic heterocycles. The Morgan fingerprint density at radius 2 is 1.59 bits per heavy atom. The largest absolute Gasteiger partial charge is 0.454 e. The Kier molecular flexibility index (Phi) is 7.40. The van der Waals surface area contributed by atoms with E-state index in [0.717, 1.165) is 22.2 Å². The van der Waals surface area contributed by atoms with E-state index in [-0.39, 0.29) is 41.5 Å². The van der Waals surface area contributed by atoms with Gasteiger partial charge >= 0.3 is 5.97 Å². The molecule has 1 aliphatic rings. The second kappa shape index (κ2) is 10.8. The molecule has 202 valence electrons. The van der Waals surface area contributed by atoms with E-state index in [4.69, 9.17) is 9.47 Å². The van der Waals surface area contributed by atoms with E-state index in [0.29, 0.717) is 5.56 Å². The summed E-state index contributed by atoms with van der Waals surface area (Å²) >= 11 is 0. The van der Waals surface area contributed by atoms with E-state index < -0.39 is 22.6 Å². The third-order valence-electron chi connectivity index (χ3n) is 6.86. The Bertz CT molecular complexity index is 1630. The first-order valence-electron chi connectivity index (χ1n) is 12.8. The summed E-state index contributed by atoms with van der Waals surface area (Å²) in [4.78, 5) is 26.4. The minimum absolute atomic E-state index is 0.00927. The molecule has 3 aromatic carbocycles. The number of fused-ring (bicyclic) bond motifs is 1. The van der Waals surface area contributed by atoms with Gasteiger partial charge in [0.05, 0.1) is 33.9 Å². The number of ketones is 1. The molecule has 1 aliphatic heterocycles. The Labute approximate surface area is 227 Å². The Morgan fingerprint density at radius 1 is 0.923 bits per heavy atom. The molecule has 2 atom stereocenters. The van der Waals surface area contributed by atoms with Crippen molar-refractivity contribution in [2.75, 3.05) is 19.7 Å². The van der Waals surface area contributed by atoms with Gasteiger partial charge in [0.15, 0.2) is 6.61 Å². The number of sulfonamides is 1. The number of carbonyl (C=O) groups is 2. The lowest BCUT2D eigenvalue weighted by Gasteiger charge is -2.34. The van der Waals surface area contributed by atoms with Gasteiger partial charge in [0, 0.05) is 31.0 Å². The molecule has 8 nitrogen and oxygen atoms in total. The molecule has 39 heavy (non-hydrogen) atoms. The minimum atomic E-state index is -3.84. The summed E-state index contributed by atoms with van der Waals surface area (Å²) in [6, 6.07) is 22.9. The third-order valence-corrected chi connectivity index (χ3v) is 8.69. The lowest BCUT2D eigenvalue weighted by Crippen LogP contribution is -2.48. The second-order valence-electron chi connectivity index (χ2n) is 9.77. The number of rotatable bonds is 7. The number of benzene rings is 3. The van der Waals surface area contributed by atoms with Gasteiger partial charge in [-0.15, -0.1) is 0 Å². The van der Waals surface area contributed by atoms with Crippen molar-refractivity contribution >= 4 is 32.7 Å². The number of aromatic nitrogens is 1. The number of hydrogen-bond acceptors (Lipinski definition) is 6. The SMILES string of the molecule is C[C@@H]1CN(S(=O)(=O)c2cccc(C(=O)OCC(=O)c3c(-c4ccccc4)n(C)c4ccccc34)c2)C[C@@H](C)O1. The summed E-state index contributed by atoms with van der Waals surface area (Å²) in [7, 11) is -1.94. The topological polar surface area (TPSA) is 94.9 Å². The molecular weight excluding hydrogens is 516 g/mol. The van der Waals surface area contributed by atoms with E-state index in [9.17, 15) is 18.0 Å². The molecule has 0 aliphatic carbocycles. The highest BCUT2D eigenvalue weighted by Crippen LogP contribution is 2.33. The number of esters is 1. The van der Waals surface area contributed by atoms with Gasteiger partial charge in [-0.1, -0.05) is 54.6 Å². The molecule has 4 aromatic rings. The molecule has 0 spiro atoms. The van der Waals surface area contributed by atoms with E-state index in [1.54, 1.807) is 0 Å². The highest BCUT2D eigenvalue weighted by atomic mass is 32.2. The molecule has 0 bridgehead atoms. The van der Waals surface area contributed by atoms with E-state index in [1.165, 1.54) is 28.6 Å². The number of hydrogen-bond donors (Lipinski definition) is 0. The van der Waals surface area contributed by atoms with Crippen LogP contribution in [-0.2, 0) is 26.5 Å². The van der Waals surface area contributed by atoms with Crippen LogP contribution in [-0.4, -0.2) is 60.9 Å². The molecule has 0 unspecified atom stereocenters. The van der Waals surface area contributed by atoms with Crippen LogP contribution in [0.5, 0.6) is 0 Å². The molecule has 0 amide bonds. The molecule has 0 N–H and O–H groups in total. The fourth-order valence-electron chi connectivity index (χ4n) is 5.16. The third kappa shape index (κ3) is 5.25. The lowest BCUT2D eigenvalue weighted by molar-refractivity contribution is -0.0440. The molecule has 0 saturated carbocycles. The highest BCUT2D eigenvalue weighted by molar-refractivity contribution is 7.89. The molecule has 1 saturated heterocycles. The summed E-state index contributed by atoms with van der Waals surface area (Å²) in [6.45, 7) is 3.61. The van der Waals surface area contributed by atoms with Crippen LogP contribution >= 0.6 is 0 Å². The summed E-state index contributed by atoms with van der Waals surface area (Å²) in [5.74, 6) is -1.12. The first-order chi connectivity index (χ1) is 18.7. The number of morpholine rings is 1. The van der Waals surface area contributed by atoms with Gasteiger partial charge in [0.1, 0.15) is 0 Å². The van der Waals surface area contributed by atoms with Crippen LogP contribution in [0.4, 0.5) is 0 Å². The second-order valence-corrected chi connectivity index (χ2v) is 11.7. The fraction of sp³-hybridized carbons (Fsp3) is 0.267. The summed E-state index contributed by atoms with van der Waals surface area (Å²) in [5, 5.41) is 0.766. The molecular formula is C30H30N2O6S. The van der Waals surface area contributed by atoms with Crippen LogP contribution in [0.15, 0.2) is 83.8 Å². The number of Topliss-reactive ketones (excluding diaryl/α,β-unsaturated/α-hetero) is 1. The van der Waals surface area contributed by atoms with Crippen molar-refractivity contribution in [2.24, 2.45) is 7.05 Å². The maximum Gasteiger partial charge on any atom is 0.338 e. The van der Waals surface area contributed by atoms with Crippen LogP contribution in [0.3, 0.4) is 0 Å². The number of carbonyl (C=O) groups excluding carboxylic acids is 2. The standard InChI is InChI=1S/C30H30N2O6S/c1-20-17-32(18-21(2)38-20)39(35,36)24-13-9-12-23(16-24)30(34)37-19-27(33)28-25-14-7-8-15-26(25)31(3)29(28)22-10-5-4-6-11-22/h4-16,20-21H,17-19H2,1-3H3/t20-,21-/m1/s1. The van der Waals surface area contributed by atoms with Gasteiger partial charge in [0.2, 0.25) is 15.8 Å². The zero-order chi connectivity index (χ0) is 27.7. The summed E-state index contributed by atoms with van der Waals surface area (Å²) < 4.78 is 40.9. The van der Waals surface area contributed by atoms with Crippen molar-refractivity contribution in [3.63, 3.8) is 0 Å². The first kappa shape index (κ1) is 26.8. The predicted octanol–water partition coefficient (Wildman–Crippen LogP) is 4.68. The number of ether oxygens (including phenoxy) is 2. The lowest BCUT2D eigenvalue weighted by atomic mass is 10.0. The Morgan fingerprint density at radius 3 is 2.31 bits per heavy atom. The van der Waals surface area contributed by atoms with Crippen LogP contribution in [0, 0.1) is 0 Å². The van der Waals surface area contributed by atoms with E-state index in [1.807, 2.05) is 80.1 Å². The zero-order valence-corrected chi connectivity index (χ0v) is 22.9. The van der Waals surface area contributed by atoms with Gasteiger partial charge in [-0.05, 0) is 43.7 Å². The number of para-hydroxylation sites is 1. The van der Waals surface area contributed by atoms with Crippen LogP contribution in [0.2, 0.25) is 0 Å². The summed E-state index contributed by atoms with van der Waals surface area (Å²) in [5.41, 5.74) is 3.02. The van der Waals surface area contributed by atoms with Gasteiger partial charge < -0.3 is 14.0 Å². The van der Waals surface area contributed by atoms with E-state index in [2.05, 4.69) is 0 Å². The van der Waals surface area contributed by atoms with Gasteiger partial charge in [0.25, 0.3) is 0 Å². The minimum Gasteiger partial charge on any atom is -0.454 e. The van der Waals surface area contributed by atoms with Gasteiger partial charge in [-0.2, -0.15) is 4.31 Å². The zero-order valence-electron chi connectivity index (χ0n) is 22.0. The fourth-order valence-corrected chi connectivity index (χ4v) is 6.79. The van der Waals surface area contributed by atoms with Crippen molar-refractivity contribution in [1.82, 2.24) is 8.87 Å². The first-order valence-corrected chi connectivity index (χ1v) is 14.2. The number of aryl methyl sites for hydroxylation is 1. The van der Waals surface area contributed by atoms with Crippen molar-refractivity contribution in [2.45, 2.75) is 31.0 Å². The van der Waals surface area contributed by atoms with Crippen molar-refractivity contribution < 1.29 is 27.5 Å². The van der Waals surface area contributed by atoms with Crippen LogP contribution < -0.4 is 0 Å². The van der Waals surface area contributed by atoms with Gasteiger partial charge in [-0.3, -0.25) is 4.79 Å². The van der Waals surface area contributed by atoms with Gasteiger partial charge in [-0.25, -0.2) is 13.2 Å². The Balaban J connectivity index is 1.38. The monoisotopic (exact) mass is 546 g/mol. The van der Waals surface area contributed by atoms with Crippen molar-refractivity contribution in [1.29, 1.82) is 0 Å². The quantitative estimate of drug-likeness (QED) is 0.247. The van der Waals surface area contributed by atoms with Crippen molar-refractivity contribution in [3.05, 3.63) is 90.0 Å². The maximum atomic E-state index is 13.5. The van der Waals surface area contributed by atoms with Crippen molar-refractivity contribution in [3.8, 4) is 11.3 Å². The maximum absolute atomic E-state index is 13.5. The molecule has 0 radical (unpaired) electrons.